The van der Waals surface area contributed by atoms with E-state index in [1.54, 1.807) is 30.3 Å². The fourth-order valence-corrected chi connectivity index (χ4v) is 6.13. The van der Waals surface area contributed by atoms with Crippen LogP contribution < -0.4 is 10.2 Å². The summed E-state index contributed by atoms with van der Waals surface area (Å²) in [5.74, 6) is -0.782. The van der Waals surface area contributed by atoms with E-state index >= 15 is 0 Å². The maximum absolute atomic E-state index is 12.6. The number of rotatable bonds is 5. The highest BCUT2D eigenvalue weighted by atomic mass is 32.2. The second kappa shape index (κ2) is 7.30. The van der Waals surface area contributed by atoms with E-state index in [1.807, 2.05) is 12.6 Å². The second-order valence-electron chi connectivity index (χ2n) is 5.72. The summed E-state index contributed by atoms with van der Waals surface area (Å²) < 4.78 is 51.7. The van der Waals surface area contributed by atoms with E-state index in [4.69, 9.17) is 0 Å². The molecule has 6 nitrogen and oxygen atoms in total. The summed E-state index contributed by atoms with van der Waals surface area (Å²) in [6.45, 7) is 0. The molecule has 3 rings (SSSR count). The average molecular weight is 419 g/mol. The van der Waals surface area contributed by atoms with Crippen LogP contribution >= 0.6 is 11.3 Å². The Kier molecular flexibility index (Phi) is 5.23. The number of benzene rings is 2. The van der Waals surface area contributed by atoms with Gasteiger partial charge in [0.25, 0.3) is 15.9 Å². The van der Waals surface area contributed by atoms with Crippen LogP contribution in [-0.4, -0.2) is 30.6 Å². The van der Waals surface area contributed by atoms with Gasteiger partial charge in [-0.3, -0.25) is 4.79 Å². The minimum absolute atomic E-state index is 0.0652. The lowest BCUT2D eigenvalue weighted by molar-refractivity contribution is 0.0981. The first-order valence-electron chi connectivity index (χ1n) is 7.73. The third kappa shape index (κ3) is 4.13. The van der Waals surface area contributed by atoms with Crippen LogP contribution in [0.15, 0.2) is 80.0 Å². The van der Waals surface area contributed by atoms with Gasteiger partial charge in [-0.25, -0.2) is 21.6 Å². The molecule has 2 aromatic carbocycles. The summed E-state index contributed by atoms with van der Waals surface area (Å²) in [6, 6.07) is 15.2. The number of sulfone groups is 1. The van der Waals surface area contributed by atoms with Crippen LogP contribution in [0.3, 0.4) is 0 Å². The largest absolute Gasteiger partial charge is 0.273 e. The van der Waals surface area contributed by atoms with E-state index in [1.165, 1.54) is 29.6 Å². The average Bonchev–Trinajstić information content (AvgIpc) is 3.14. The Morgan fingerprint density at radius 2 is 1.52 bits per heavy atom. The molecule has 0 aliphatic rings. The smallest absolute Gasteiger partial charge is 0.268 e. The summed E-state index contributed by atoms with van der Waals surface area (Å²) in [7, 11) is -6.17. The van der Waals surface area contributed by atoms with E-state index in [0.29, 0.717) is 0 Å². The molecule has 0 spiro atoms. The monoisotopic (exact) mass is 419 g/mol. The van der Waals surface area contributed by atoms with Crippen molar-refractivity contribution in [2.75, 3.05) is 0 Å². The van der Waals surface area contributed by atoms with Crippen molar-refractivity contribution in [3.63, 3.8) is 0 Å². The molecule has 0 radical (unpaired) electrons. The number of amides is 1. The normalized spacial score (nSPS) is 11.9. The molecule has 27 heavy (non-hydrogen) atoms. The predicted octanol–water partition coefficient (Wildman–Crippen LogP) is 0.958. The third-order valence-corrected chi connectivity index (χ3v) is 8.39. The van der Waals surface area contributed by atoms with E-state index in [2.05, 4.69) is 0 Å². The Balaban J connectivity index is 1.87. The molecule has 1 N–H and O–H groups in total. The zero-order chi connectivity index (χ0) is 19.7. The highest BCUT2D eigenvalue weighted by Crippen LogP contribution is 2.28. The van der Waals surface area contributed by atoms with E-state index in [9.17, 15) is 21.6 Å². The number of thiophene rings is 1. The fourth-order valence-electron chi connectivity index (χ4n) is 2.25. The Hall–Kier alpha value is -2.43. The summed E-state index contributed by atoms with van der Waals surface area (Å²) in [6.07, 6.45) is 0. The van der Waals surface area contributed by atoms with Gasteiger partial charge in [-0.15, -0.1) is 11.3 Å². The summed E-state index contributed by atoms with van der Waals surface area (Å²) in [5.41, 5.74) is 1.13. The second-order valence-corrected chi connectivity index (χ2v) is 10.5. The van der Waals surface area contributed by atoms with Crippen molar-refractivity contribution in [1.29, 1.82) is 0 Å². The van der Waals surface area contributed by atoms with Gasteiger partial charge in [0.2, 0.25) is 9.84 Å². The predicted molar refractivity (Wildman–Crippen MR) is 105 cm³/mol. The van der Waals surface area contributed by atoms with Crippen molar-refractivity contribution in [2.45, 2.75) is 14.0 Å². The van der Waals surface area contributed by atoms with Crippen molar-refractivity contribution in [3.8, 4) is 0 Å². The molecule has 138 valence electrons. The van der Waals surface area contributed by atoms with E-state index < -0.39 is 25.8 Å². The van der Waals surface area contributed by atoms with Gasteiger partial charge in [-0.2, -0.15) is 0 Å². The van der Waals surface area contributed by atoms with Gasteiger partial charge in [0.1, 0.15) is 12.1 Å². The lowest BCUT2D eigenvalue weighted by atomic mass is 9.95. The first-order valence-corrected chi connectivity index (χ1v) is 11.6. The lowest BCUT2D eigenvalue weighted by Crippen LogP contribution is -2.30. The molecule has 0 aliphatic carbocycles. The number of carbonyl (C=O) groups is 1. The maximum atomic E-state index is 12.6. The van der Waals surface area contributed by atoms with Gasteiger partial charge in [-0.05, 0) is 30.3 Å². The molecule has 1 amide bonds. The molecular weight excluding hydrogens is 405 g/mol. The first kappa shape index (κ1) is 19.3. The van der Waals surface area contributed by atoms with Gasteiger partial charge in [0.15, 0.2) is 0 Å². The molecule has 0 saturated carbocycles. The van der Waals surface area contributed by atoms with Crippen LogP contribution in [0.4, 0.5) is 0 Å². The standard InChI is InChI=1S/C17H14BNO5S3/c18-13-8-6-12(7-9-13)17(20)19-27(23,24)16-10-15(11-25-16)26(21,22)14-4-2-1-3-5-14/h1-11H,18H2,(H,19,20). The molecule has 0 bridgehead atoms. The highest BCUT2D eigenvalue weighted by Gasteiger charge is 2.25. The van der Waals surface area contributed by atoms with Crippen LogP contribution in [-0.2, 0) is 19.9 Å². The fraction of sp³-hybridized carbons (Fsp3) is 0. The number of hydrogen-bond donors (Lipinski definition) is 1. The molecular formula is C17H14BNO5S3. The van der Waals surface area contributed by atoms with Crippen molar-refractivity contribution in [3.05, 3.63) is 71.6 Å². The number of nitrogens with one attached hydrogen (secondary N) is 1. The van der Waals surface area contributed by atoms with Gasteiger partial charge in [0, 0.05) is 10.9 Å². The summed E-state index contributed by atoms with van der Waals surface area (Å²) in [4.78, 5) is 12.1. The number of sulfonamides is 1. The molecule has 0 fully saturated rings. The first-order chi connectivity index (χ1) is 12.7. The van der Waals surface area contributed by atoms with Gasteiger partial charge in [-0.1, -0.05) is 35.8 Å². The molecule has 1 heterocycles. The minimum Gasteiger partial charge on any atom is -0.268 e. The Bertz CT molecular complexity index is 1180. The quantitative estimate of drug-likeness (QED) is 0.622. The van der Waals surface area contributed by atoms with Crippen molar-refractivity contribution in [1.82, 2.24) is 4.72 Å². The van der Waals surface area contributed by atoms with Crippen LogP contribution in [0.5, 0.6) is 0 Å². The summed E-state index contributed by atoms with van der Waals surface area (Å²) in [5, 5.41) is 1.24. The maximum Gasteiger partial charge on any atom is 0.273 e. The van der Waals surface area contributed by atoms with Crippen LogP contribution in [0, 0.1) is 0 Å². The summed E-state index contributed by atoms with van der Waals surface area (Å²) >= 11 is 0.736. The van der Waals surface area contributed by atoms with E-state index in [-0.39, 0.29) is 19.6 Å². The van der Waals surface area contributed by atoms with E-state index in [0.717, 1.165) is 22.9 Å². The van der Waals surface area contributed by atoms with Crippen LogP contribution in [0.25, 0.3) is 0 Å². The molecule has 3 aromatic rings. The van der Waals surface area contributed by atoms with Crippen molar-refractivity contribution < 1.29 is 21.6 Å². The van der Waals surface area contributed by atoms with Gasteiger partial charge < -0.3 is 0 Å². The number of hydrogen-bond acceptors (Lipinski definition) is 6. The topological polar surface area (TPSA) is 97.4 Å². The zero-order valence-electron chi connectivity index (χ0n) is 14.1. The molecule has 0 atom stereocenters. The Morgan fingerprint density at radius 1 is 0.889 bits per heavy atom. The third-order valence-electron chi connectivity index (χ3n) is 3.72. The SMILES string of the molecule is Bc1ccc(C(=O)NS(=O)(=O)c2cc(S(=O)(=O)c3ccccc3)cs2)cc1. The van der Waals surface area contributed by atoms with Crippen LogP contribution in [0.2, 0.25) is 0 Å². The van der Waals surface area contributed by atoms with Gasteiger partial charge >= 0.3 is 0 Å². The van der Waals surface area contributed by atoms with Crippen molar-refractivity contribution in [2.24, 2.45) is 0 Å². The lowest BCUT2D eigenvalue weighted by Gasteiger charge is -2.05. The molecule has 1 aromatic heterocycles. The minimum atomic E-state index is -4.18. The number of carbonyl (C=O) groups excluding carboxylic acids is 1. The van der Waals surface area contributed by atoms with Crippen molar-refractivity contribution >= 4 is 50.4 Å². The highest BCUT2D eigenvalue weighted by molar-refractivity contribution is 7.93. The Labute approximate surface area is 162 Å². The Morgan fingerprint density at radius 3 is 2.15 bits per heavy atom. The zero-order valence-corrected chi connectivity index (χ0v) is 16.6. The molecule has 10 heteroatoms. The van der Waals surface area contributed by atoms with Crippen LogP contribution in [0.1, 0.15) is 10.4 Å². The molecule has 0 aliphatic heterocycles. The molecule has 0 saturated heterocycles. The molecule has 0 unspecified atom stereocenters. The van der Waals surface area contributed by atoms with Gasteiger partial charge in [0.05, 0.1) is 9.79 Å².